The lowest BCUT2D eigenvalue weighted by Crippen LogP contribution is -2.22. The molecule has 2 aromatic heterocycles. The van der Waals surface area contributed by atoms with Gasteiger partial charge in [0.25, 0.3) is 5.91 Å². The average Bonchev–Trinajstić information content (AvgIpc) is 3.11. The summed E-state index contributed by atoms with van der Waals surface area (Å²) in [6.07, 6.45) is 3.26. The van der Waals surface area contributed by atoms with Crippen LogP contribution in [0.4, 0.5) is 0 Å². The summed E-state index contributed by atoms with van der Waals surface area (Å²) in [4.78, 5) is 17.0. The number of hydrogen-bond donors (Lipinski definition) is 1. The Labute approximate surface area is 158 Å². The maximum Gasteiger partial charge on any atom is 0.257 e. The number of fused-ring (bicyclic) bond motifs is 1. The van der Waals surface area contributed by atoms with Crippen LogP contribution in [0.2, 0.25) is 0 Å². The highest BCUT2D eigenvalue weighted by atomic mass is 79.9. The minimum Gasteiger partial charge on any atom is -0.348 e. The standard InChI is InChI=1S/C20H15BrN4O/c21-16-8-4-5-14(11-16)12-23-20(26)17-13-24-25-18(9-10-22-19(17)25)15-6-2-1-3-7-15/h1-11,13H,12H2,(H,23,26). The van der Waals surface area contributed by atoms with Crippen molar-refractivity contribution in [2.45, 2.75) is 6.54 Å². The summed E-state index contributed by atoms with van der Waals surface area (Å²) in [5.41, 5.74) is 3.92. The van der Waals surface area contributed by atoms with Crippen molar-refractivity contribution in [1.29, 1.82) is 0 Å². The molecule has 0 saturated heterocycles. The van der Waals surface area contributed by atoms with Gasteiger partial charge in [-0.3, -0.25) is 4.79 Å². The van der Waals surface area contributed by atoms with Crippen LogP contribution in [-0.4, -0.2) is 20.5 Å². The van der Waals surface area contributed by atoms with E-state index in [1.165, 1.54) is 0 Å². The van der Waals surface area contributed by atoms with Crippen LogP contribution < -0.4 is 5.32 Å². The minimum absolute atomic E-state index is 0.197. The van der Waals surface area contributed by atoms with Gasteiger partial charge in [-0.1, -0.05) is 58.4 Å². The van der Waals surface area contributed by atoms with Gasteiger partial charge in [-0.15, -0.1) is 0 Å². The van der Waals surface area contributed by atoms with Crippen LogP contribution in [0.15, 0.2) is 77.5 Å². The predicted molar refractivity (Wildman–Crippen MR) is 104 cm³/mol. The van der Waals surface area contributed by atoms with E-state index in [-0.39, 0.29) is 5.91 Å². The molecule has 5 nitrogen and oxygen atoms in total. The number of halogens is 1. The number of benzene rings is 2. The van der Waals surface area contributed by atoms with Gasteiger partial charge in [0.05, 0.1) is 11.9 Å². The summed E-state index contributed by atoms with van der Waals surface area (Å²) in [5.74, 6) is -0.197. The molecule has 26 heavy (non-hydrogen) atoms. The van der Waals surface area contributed by atoms with E-state index in [1.54, 1.807) is 16.9 Å². The second-order valence-corrected chi connectivity index (χ2v) is 6.72. The number of aromatic nitrogens is 3. The second kappa shape index (κ2) is 7.09. The topological polar surface area (TPSA) is 59.3 Å². The first-order chi connectivity index (χ1) is 12.7. The van der Waals surface area contributed by atoms with Crippen molar-refractivity contribution < 1.29 is 4.79 Å². The van der Waals surface area contributed by atoms with Gasteiger partial charge in [-0.2, -0.15) is 5.10 Å². The fourth-order valence-electron chi connectivity index (χ4n) is 2.80. The molecule has 0 atom stereocenters. The quantitative estimate of drug-likeness (QED) is 0.555. The molecule has 0 aliphatic carbocycles. The van der Waals surface area contributed by atoms with Crippen molar-refractivity contribution >= 4 is 27.5 Å². The first-order valence-electron chi connectivity index (χ1n) is 8.13. The molecule has 0 spiro atoms. The molecule has 0 fully saturated rings. The van der Waals surface area contributed by atoms with E-state index >= 15 is 0 Å². The van der Waals surface area contributed by atoms with Crippen molar-refractivity contribution in [1.82, 2.24) is 19.9 Å². The lowest BCUT2D eigenvalue weighted by atomic mass is 10.1. The Balaban J connectivity index is 1.62. The number of nitrogens with zero attached hydrogens (tertiary/aromatic N) is 3. The van der Waals surface area contributed by atoms with Crippen LogP contribution >= 0.6 is 15.9 Å². The number of amides is 1. The van der Waals surface area contributed by atoms with E-state index in [0.717, 1.165) is 21.3 Å². The summed E-state index contributed by atoms with van der Waals surface area (Å²) in [6.45, 7) is 0.438. The van der Waals surface area contributed by atoms with Gasteiger partial charge in [0.2, 0.25) is 0 Å². The Morgan fingerprint density at radius 3 is 2.73 bits per heavy atom. The molecule has 0 aliphatic rings. The van der Waals surface area contributed by atoms with Crippen LogP contribution in [0, 0.1) is 0 Å². The van der Waals surface area contributed by atoms with Gasteiger partial charge in [0.1, 0.15) is 5.56 Å². The van der Waals surface area contributed by atoms with Gasteiger partial charge >= 0.3 is 0 Å². The molecule has 2 heterocycles. The summed E-state index contributed by atoms with van der Waals surface area (Å²) in [5, 5.41) is 7.30. The molecule has 6 heteroatoms. The number of carbonyl (C=O) groups is 1. The molecule has 1 N–H and O–H groups in total. The molecule has 4 aromatic rings. The van der Waals surface area contributed by atoms with Gasteiger partial charge in [0, 0.05) is 22.8 Å². The van der Waals surface area contributed by atoms with E-state index in [9.17, 15) is 4.79 Å². The Bertz CT molecular complexity index is 1080. The monoisotopic (exact) mass is 406 g/mol. The zero-order chi connectivity index (χ0) is 17.9. The van der Waals surface area contributed by atoms with E-state index in [1.807, 2.05) is 60.7 Å². The molecule has 1 amide bonds. The Kier molecular flexibility index (Phi) is 4.50. The first kappa shape index (κ1) is 16.5. The number of nitrogens with one attached hydrogen (secondary N) is 1. The van der Waals surface area contributed by atoms with Crippen LogP contribution in [0.25, 0.3) is 16.9 Å². The van der Waals surface area contributed by atoms with E-state index in [2.05, 4.69) is 31.3 Å². The van der Waals surface area contributed by atoms with Crippen molar-refractivity contribution in [3.05, 3.63) is 88.7 Å². The Hall–Kier alpha value is -2.99. The maximum atomic E-state index is 12.6. The fraction of sp³-hybridized carbons (Fsp3) is 0.0500. The average molecular weight is 407 g/mol. The third kappa shape index (κ3) is 3.23. The lowest BCUT2D eigenvalue weighted by molar-refractivity contribution is 0.0952. The van der Waals surface area contributed by atoms with Crippen LogP contribution in [0.5, 0.6) is 0 Å². The van der Waals surface area contributed by atoms with E-state index < -0.39 is 0 Å². The fourth-order valence-corrected chi connectivity index (χ4v) is 3.25. The predicted octanol–water partition coefficient (Wildman–Crippen LogP) is 4.09. The zero-order valence-corrected chi connectivity index (χ0v) is 15.3. The molecular weight excluding hydrogens is 392 g/mol. The molecule has 128 valence electrons. The summed E-state index contributed by atoms with van der Waals surface area (Å²) >= 11 is 3.43. The van der Waals surface area contributed by atoms with Crippen LogP contribution in [0.3, 0.4) is 0 Å². The summed E-state index contributed by atoms with van der Waals surface area (Å²) in [7, 11) is 0. The van der Waals surface area contributed by atoms with E-state index in [0.29, 0.717) is 17.8 Å². The lowest BCUT2D eigenvalue weighted by Gasteiger charge is -2.06. The van der Waals surface area contributed by atoms with Gasteiger partial charge in [0.15, 0.2) is 5.65 Å². The smallest absolute Gasteiger partial charge is 0.257 e. The summed E-state index contributed by atoms with van der Waals surface area (Å²) < 4.78 is 2.68. The second-order valence-electron chi connectivity index (χ2n) is 5.80. The number of hydrogen-bond acceptors (Lipinski definition) is 3. The molecule has 0 unspecified atom stereocenters. The van der Waals surface area contributed by atoms with Gasteiger partial charge in [-0.25, -0.2) is 9.50 Å². The molecule has 0 bridgehead atoms. The van der Waals surface area contributed by atoms with Gasteiger partial charge in [-0.05, 0) is 23.8 Å². The van der Waals surface area contributed by atoms with Crippen LogP contribution in [0.1, 0.15) is 15.9 Å². The molecule has 0 aliphatic heterocycles. The van der Waals surface area contributed by atoms with Gasteiger partial charge < -0.3 is 5.32 Å². The first-order valence-corrected chi connectivity index (χ1v) is 8.92. The normalized spacial score (nSPS) is 10.8. The van der Waals surface area contributed by atoms with Crippen molar-refractivity contribution in [3.63, 3.8) is 0 Å². The van der Waals surface area contributed by atoms with Crippen molar-refractivity contribution in [2.24, 2.45) is 0 Å². The van der Waals surface area contributed by atoms with Crippen molar-refractivity contribution in [2.75, 3.05) is 0 Å². The van der Waals surface area contributed by atoms with E-state index in [4.69, 9.17) is 0 Å². The SMILES string of the molecule is O=C(NCc1cccc(Br)c1)c1cnn2c(-c3ccccc3)ccnc12. The summed E-state index contributed by atoms with van der Waals surface area (Å²) in [6, 6.07) is 19.6. The molecule has 2 aromatic carbocycles. The minimum atomic E-state index is -0.197. The number of carbonyl (C=O) groups excluding carboxylic acids is 1. The van der Waals surface area contributed by atoms with Crippen LogP contribution in [-0.2, 0) is 6.54 Å². The number of rotatable bonds is 4. The van der Waals surface area contributed by atoms with Crippen molar-refractivity contribution in [3.8, 4) is 11.3 Å². The largest absolute Gasteiger partial charge is 0.348 e. The molecule has 4 rings (SSSR count). The third-order valence-electron chi connectivity index (χ3n) is 4.06. The maximum absolute atomic E-state index is 12.6. The Morgan fingerprint density at radius 2 is 1.92 bits per heavy atom. The third-order valence-corrected chi connectivity index (χ3v) is 4.55. The highest BCUT2D eigenvalue weighted by Crippen LogP contribution is 2.20. The Morgan fingerprint density at radius 1 is 1.08 bits per heavy atom. The molecule has 0 saturated carbocycles. The highest BCUT2D eigenvalue weighted by Gasteiger charge is 2.16. The highest BCUT2D eigenvalue weighted by molar-refractivity contribution is 9.10. The zero-order valence-electron chi connectivity index (χ0n) is 13.8. The molecular formula is C20H15BrN4O. The molecule has 0 radical (unpaired) electrons.